The Labute approximate surface area is 82.1 Å². The van der Waals surface area contributed by atoms with Crippen LogP contribution in [-0.4, -0.2) is 9.97 Å². The zero-order chi connectivity index (χ0) is 8.72. The molecule has 1 aromatic carbocycles. The van der Waals surface area contributed by atoms with E-state index in [0.29, 0.717) is 16.5 Å². The summed E-state index contributed by atoms with van der Waals surface area (Å²) in [5.74, 6) is 0.380. The lowest BCUT2D eigenvalue weighted by molar-refractivity contribution is 1.35. The molecule has 2 rings (SSSR count). The Kier molecular flexibility index (Phi) is 1.73. The molecule has 0 saturated carbocycles. The molecule has 0 atom stereocenters. The molecule has 0 radical (unpaired) electrons. The van der Waals surface area contributed by atoms with Crippen molar-refractivity contribution < 1.29 is 0 Å². The number of nitrogens with one attached hydrogen (secondary N) is 1. The summed E-state index contributed by atoms with van der Waals surface area (Å²) in [5, 5.41) is 0.590. The van der Waals surface area contributed by atoms with Gasteiger partial charge in [0.2, 0.25) is 0 Å². The smallest absolute Gasteiger partial charge is 0.198 e. The minimum Gasteiger partial charge on any atom is -0.369 e. The number of imidazole rings is 1. The van der Waals surface area contributed by atoms with Crippen LogP contribution in [0.15, 0.2) is 16.6 Å². The molecule has 0 fully saturated rings. The van der Waals surface area contributed by atoms with Gasteiger partial charge in [0.1, 0.15) is 5.52 Å². The molecule has 3 nitrogen and oxygen atoms in total. The molecule has 12 heavy (non-hydrogen) atoms. The van der Waals surface area contributed by atoms with Crippen LogP contribution in [-0.2, 0) is 0 Å². The fourth-order valence-electron chi connectivity index (χ4n) is 1.06. The lowest BCUT2D eigenvalue weighted by atomic mass is 10.3. The highest BCUT2D eigenvalue weighted by Crippen LogP contribution is 2.26. The van der Waals surface area contributed by atoms with Crippen LogP contribution >= 0.6 is 27.5 Å². The van der Waals surface area contributed by atoms with Crippen molar-refractivity contribution in [3.63, 3.8) is 0 Å². The molecule has 3 N–H and O–H groups in total. The second-order valence-corrected chi connectivity index (χ2v) is 3.73. The number of aromatic nitrogens is 2. The third-order valence-corrected chi connectivity index (χ3v) is 2.27. The van der Waals surface area contributed by atoms with Gasteiger partial charge >= 0.3 is 0 Å². The lowest BCUT2D eigenvalue weighted by Crippen LogP contribution is -1.84. The van der Waals surface area contributed by atoms with Gasteiger partial charge in [0.25, 0.3) is 0 Å². The van der Waals surface area contributed by atoms with E-state index in [2.05, 4.69) is 25.9 Å². The maximum Gasteiger partial charge on any atom is 0.198 e. The van der Waals surface area contributed by atoms with E-state index in [1.165, 1.54) is 0 Å². The minimum atomic E-state index is 0.380. The molecule has 1 heterocycles. The van der Waals surface area contributed by atoms with Crippen LogP contribution in [0.3, 0.4) is 0 Å². The van der Waals surface area contributed by atoms with Crippen molar-refractivity contribution in [2.24, 2.45) is 0 Å². The standard InChI is InChI=1S/C7H5BrClN3/c8-3-1-4(9)6-5(2-3)11-7(10)12-6/h1-2H,(H3,10,11,12). The van der Waals surface area contributed by atoms with Crippen molar-refractivity contribution in [3.8, 4) is 0 Å². The van der Waals surface area contributed by atoms with Crippen LogP contribution in [0.5, 0.6) is 0 Å². The van der Waals surface area contributed by atoms with E-state index in [1.54, 1.807) is 6.07 Å². The Hall–Kier alpha value is -0.740. The van der Waals surface area contributed by atoms with E-state index in [0.717, 1.165) is 9.99 Å². The molecule has 0 unspecified atom stereocenters. The van der Waals surface area contributed by atoms with Gasteiger partial charge in [-0.1, -0.05) is 27.5 Å². The first kappa shape index (κ1) is 7.89. The number of aromatic amines is 1. The Bertz CT molecular complexity index is 437. The van der Waals surface area contributed by atoms with Gasteiger partial charge in [-0.2, -0.15) is 0 Å². The van der Waals surface area contributed by atoms with Crippen LogP contribution in [0.2, 0.25) is 5.02 Å². The number of nitrogens with zero attached hydrogens (tertiary/aromatic N) is 1. The number of H-pyrrole nitrogens is 1. The van der Waals surface area contributed by atoms with E-state index in [9.17, 15) is 0 Å². The largest absolute Gasteiger partial charge is 0.369 e. The highest BCUT2D eigenvalue weighted by Gasteiger charge is 2.04. The summed E-state index contributed by atoms with van der Waals surface area (Å²) in [5.41, 5.74) is 7.01. The average Bonchev–Trinajstić information content (AvgIpc) is 2.29. The van der Waals surface area contributed by atoms with Gasteiger partial charge < -0.3 is 10.7 Å². The molecular weight excluding hydrogens is 241 g/mol. The molecule has 0 bridgehead atoms. The van der Waals surface area contributed by atoms with Crippen molar-refractivity contribution in [1.82, 2.24) is 9.97 Å². The normalized spacial score (nSPS) is 10.8. The predicted molar refractivity (Wildman–Crippen MR) is 53.2 cm³/mol. The number of rotatable bonds is 0. The van der Waals surface area contributed by atoms with E-state index < -0.39 is 0 Å². The van der Waals surface area contributed by atoms with Gasteiger partial charge in [0.15, 0.2) is 5.95 Å². The monoisotopic (exact) mass is 245 g/mol. The van der Waals surface area contributed by atoms with Crippen LogP contribution in [0.1, 0.15) is 0 Å². The summed E-state index contributed by atoms with van der Waals surface area (Å²) >= 11 is 9.23. The number of nitrogens with two attached hydrogens (primary N) is 1. The number of hydrogen-bond donors (Lipinski definition) is 2. The van der Waals surface area contributed by atoms with E-state index in [1.807, 2.05) is 6.07 Å². The van der Waals surface area contributed by atoms with Gasteiger partial charge in [0, 0.05) is 4.47 Å². The van der Waals surface area contributed by atoms with Crippen LogP contribution in [0.4, 0.5) is 5.95 Å². The van der Waals surface area contributed by atoms with Crippen molar-refractivity contribution in [1.29, 1.82) is 0 Å². The second kappa shape index (κ2) is 2.64. The number of nitrogen functional groups attached to an aromatic ring is 1. The maximum atomic E-state index is 5.91. The third kappa shape index (κ3) is 1.17. The molecule has 0 aliphatic carbocycles. The molecule has 1 aromatic heterocycles. The number of anilines is 1. The molecule has 0 aliphatic heterocycles. The van der Waals surface area contributed by atoms with E-state index in [-0.39, 0.29) is 0 Å². The van der Waals surface area contributed by atoms with Crippen molar-refractivity contribution in [2.75, 3.05) is 5.73 Å². The molecule has 2 aromatic rings. The maximum absolute atomic E-state index is 5.91. The van der Waals surface area contributed by atoms with Crippen LogP contribution in [0.25, 0.3) is 11.0 Å². The zero-order valence-corrected chi connectivity index (χ0v) is 8.28. The summed E-state index contributed by atoms with van der Waals surface area (Å²) < 4.78 is 0.906. The number of fused-ring (bicyclic) bond motifs is 1. The highest BCUT2D eigenvalue weighted by atomic mass is 79.9. The molecule has 0 aliphatic rings. The molecular formula is C7H5BrClN3. The molecule has 62 valence electrons. The topological polar surface area (TPSA) is 54.7 Å². The van der Waals surface area contributed by atoms with Gasteiger partial charge in [-0.15, -0.1) is 0 Å². The zero-order valence-electron chi connectivity index (χ0n) is 5.94. The molecule has 0 amide bonds. The first-order chi connectivity index (χ1) is 5.66. The van der Waals surface area contributed by atoms with Gasteiger partial charge in [0.05, 0.1) is 10.5 Å². The first-order valence-electron chi connectivity index (χ1n) is 3.27. The number of halogens is 2. The highest BCUT2D eigenvalue weighted by molar-refractivity contribution is 9.10. The second-order valence-electron chi connectivity index (χ2n) is 2.41. The van der Waals surface area contributed by atoms with Crippen LogP contribution < -0.4 is 5.73 Å². The Morgan fingerprint density at radius 3 is 3.00 bits per heavy atom. The molecule has 5 heteroatoms. The van der Waals surface area contributed by atoms with Crippen molar-refractivity contribution in [3.05, 3.63) is 21.6 Å². The third-order valence-electron chi connectivity index (χ3n) is 1.52. The Morgan fingerprint density at radius 1 is 1.50 bits per heavy atom. The quantitative estimate of drug-likeness (QED) is 0.750. The summed E-state index contributed by atoms with van der Waals surface area (Å²) in [7, 11) is 0. The minimum absolute atomic E-state index is 0.380. The van der Waals surface area contributed by atoms with Gasteiger partial charge in [-0.3, -0.25) is 0 Å². The predicted octanol–water partition coefficient (Wildman–Crippen LogP) is 2.56. The van der Waals surface area contributed by atoms with Crippen LogP contribution in [0, 0.1) is 0 Å². The van der Waals surface area contributed by atoms with Crippen molar-refractivity contribution in [2.45, 2.75) is 0 Å². The van der Waals surface area contributed by atoms with Crippen molar-refractivity contribution >= 4 is 44.5 Å². The molecule has 0 saturated heterocycles. The van der Waals surface area contributed by atoms with E-state index >= 15 is 0 Å². The summed E-state index contributed by atoms with van der Waals surface area (Å²) in [6, 6.07) is 3.66. The fraction of sp³-hybridized carbons (Fsp3) is 0. The summed E-state index contributed by atoms with van der Waals surface area (Å²) in [4.78, 5) is 6.92. The first-order valence-corrected chi connectivity index (χ1v) is 4.44. The number of hydrogen-bond acceptors (Lipinski definition) is 2. The Morgan fingerprint density at radius 2 is 2.25 bits per heavy atom. The van der Waals surface area contributed by atoms with Gasteiger partial charge in [-0.05, 0) is 12.1 Å². The number of benzene rings is 1. The van der Waals surface area contributed by atoms with E-state index in [4.69, 9.17) is 17.3 Å². The average molecular weight is 246 g/mol. The van der Waals surface area contributed by atoms with Gasteiger partial charge in [-0.25, -0.2) is 4.98 Å². The fourth-order valence-corrected chi connectivity index (χ4v) is 1.91. The Balaban J connectivity index is 2.88. The summed E-state index contributed by atoms with van der Waals surface area (Å²) in [6.45, 7) is 0. The SMILES string of the molecule is Nc1nc2c(Cl)cc(Br)cc2[nH]1. The summed E-state index contributed by atoms with van der Waals surface area (Å²) in [6.07, 6.45) is 0. The molecule has 0 spiro atoms. The lowest BCUT2D eigenvalue weighted by Gasteiger charge is -1.92.